The molecule has 1 atom stereocenters. The summed E-state index contributed by atoms with van der Waals surface area (Å²) in [6.07, 6.45) is 7.84. The molecule has 0 bridgehead atoms. The summed E-state index contributed by atoms with van der Waals surface area (Å²) in [7, 11) is 0. The molecule has 5 heteroatoms. The molecule has 2 aliphatic heterocycles. The quantitative estimate of drug-likeness (QED) is 0.868. The van der Waals surface area contributed by atoms with Gasteiger partial charge >= 0.3 is 0 Å². The molecule has 4 rings (SSSR count). The lowest BCUT2D eigenvalue weighted by atomic mass is 9.97. The van der Waals surface area contributed by atoms with E-state index in [0.29, 0.717) is 17.5 Å². The van der Waals surface area contributed by atoms with Crippen molar-refractivity contribution in [3.8, 4) is 0 Å². The normalized spacial score (nSPS) is 21.2. The van der Waals surface area contributed by atoms with Crippen LogP contribution >= 0.6 is 0 Å². The Hall–Kier alpha value is -2.24. The van der Waals surface area contributed by atoms with Gasteiger partial charge in [-0.2, -0.15) is 0 Å². The van der Waals surface area contributed by atoms with Crippen LogP contribution in [-0.4, -0.2) is 58.0 Å². The van der Waals surface area contributed by atoms with Crippen LogP contribution in [-0.2, 0) is 13.0 Å². The molecule has 0 unspecified atom stereocenters. The predicted octanol–water partition coefficient (Wildman–Crippen LogP) is 2.74. The van der Waals surface area contributed by atoms with E-state index in [-0.39, 0.29) is 12.5 Å². The van der Waals surface area contributed by atoms with Gasteiger partial charge in [-0.15, -0.1) is 0 Å². The lowest BCUT2D eigenvalue weighted by Crippen LogP contribution is -2.46. The van der Waals surface area contributed by atoms with Gasteiger partial charge in [0.2, 0.25) is 0 Å². The molecule has 1 aromatic carbocycles. The number of pyridine rings is 1. The van der Waals surface area contributed by atoms with Gasteiger partial charge in [0.05, 0.1) is 12.2 Å². The highest BCUT2D eigenvalue weighted by molar-refractivity contribution is 5.93. The minimum absolute atomic E-state index is 0.108. The van der Waals surface area contributed by atoms with Gasteiger partial charge in [0, 0.05) is 38.1 Å². The fraction of sp³-hybridized carbons (Fsp3) is 0.478. The zero-order chi connectivity index (χ0) is 19.3. The summed E-state index contributed by atoms with van der Waals surface area (Å²) in [4.78, 5) is 21.3. The average Bonchev–Trinajstić information content (AvgIpc) is 3.23. The van der Waals surface area contributed by atoms with Crippen LogP contribution in [0.25, 0.3) is 0 Å². The Balaban J connectivity index is 1.26. The fourth-order valence-corrected chi connectivity index (χ4v) is 4.58. The van der Waals surface area contributed by atoms with Crippen LogP contribution in [0, 0.1) is 5.92 Å². The van der Waals surface area contributed by atoms with Crippen LogP contribution in [0.15, 0.2) is 48.8 Å². The van der Waals surface area contributed by atoms with E-state index >= 15 is 0 Å². The second-order valence-corrected chi connectivity index (χ2v) is 8.09. The SMILES string of the molecule is O=C(c1cccnc1)N1CCC(N2CC[C@H](Cc3ccc(CO)cc3)C2)CC1. The molecule has 2 aromatic rings. The van der Waals surface area contributed by atoms with E-state index in [1.807, 2.05) is 29.2 Å². The largest absolute Gasteiger partial charge is 0.392 e. The number of aliphatic hydroxyl groups excluding tert-OH is 1. The van der Waals surface area contributed by atoms with Gasteiger partial charge in [-0.05, 0) is 61.4 Å². The third-order valence-corrected chi connectivity index (χ3v) is 6.22. The molecule has 1 aromatic heterocycles. The highest BCUT2D eigenvalue weighted by Crippen LogP contribution is 2.27. The number of carbonyl (C=O) groups excluding carboxylic acids is 1. The number of carbonyl (C=O) groups is 1. The summed E-state index contributed by atoms with van der Waals surface area (Å²) in [5.41, 5.74) is 3.03. The van der Waals surface area contributed by atoms with Crippen LogP contribution in [0.2, 0.25) is 0 Å². The molecular weight excluding hydrogens is 350 g/mol. The molecule has 28 heavy (non-hydrogen) atoms. The minimum atomic E-state index is 0.108. The summed E-state index contributed by atoms with van der Waals surface area (Å²) in [6.45, 7) is 4.10. The van der Waals surface area contributed by atoms with Crippen LogP contribution in [0.1, 0.15) is 40.7 Å². The van der Waals surface area contributed by atoms with Gasteiger partial charge in [0.25, 0.3) is 5.91 Å². The number of nitrogens with zero attached hydrogens (tertiary/aromatic N) is 3. The van der Waals surface area contributed by atoms with E-state index in [4.69, 9.17) is 0 Å². The van der Waals surface area contributed by atoms with Crippen molar-refractivity contribution in [1.29, 1.82) is 0 Å². The van der Waals surface area contributed by atoms with E-state index in [9.17, 15) is 9.90 Å². The molecule has 0 spiro atoms. The first-order valence-electron chi connectivity index (χ1n) is 10.3. The average molecular weight is 380 g/mol. The van der Waals surface area contributed by atoms with Crippen molar-refractivity contribution >= 4 is 5.91 Å². The Morgan fingerprint density at radius 1 is 1.04 bits per heavy atom. The van der Waals surface area contributed by atoms with Crippen LogP contribution in [0.3, 0.4) is 0 Å². The van der Waals surface area contributed by atoms with E-state index in [2.05, 4.69) is 22.0 Å². The Morgan fingerprint density at radius 2 is 1.79 bits per heavy atom. The lowest BCUT2D eigenvalue weighted by Gasteiger charge is -2.36. The Labute approximate surface area is 167 Å². The molecule has 5 nitrogen and oxygen atoms in total. The first-order valence-corrected chi connectivity index (χ1v) is 10.3. The van der Waals surface area contributed by atoms with Gasteiger partial charge in [0.15, 0.2) is 0 Å². The molecule has 148 valence electrons. The maximum Gasteiger partial charge on any atom is 0.255 e. The molecular formula is C23H29N3O2. The fourth-order valence-electron chi connectivity index (χ4n) is 4.58. The van der Waals surface area contributed by atoms with E-state index in [0.717, 1.165) is 44.5 Å². The predicted molar refractivity (Wildman–Crippen MR) is 109 cm³/mol. The molecule has 1 N–H and O–H groups in total. The van der Waals surface area contributed by atoms with E-state index < -0.39 is 0 Å². The Bertz CT molecular complexity index is 770. The minimum Gasteiger partial charge on any atom is -0.392 e. The van der Waals surface area contributed by atoms with Crippen molar-refractivity contribution in [3.63, 3.8) is 0 Å². The van der Waals surface area contributed by atoms with Gasteiger partial charge in [-0.25, -0.2) is 0 Å². The third kappa shape index (κ3) is 4.42. The van der Waals surface area contributed by atoms with Gasteiger partial charge in [-0.3, -0.25) is 14.7 Å². The van der Waals surface area contributed by atoms with Crippen molar-refractivity contribution in [3.05, 3.63) is 65.5 Å². The molecule has 0 radical (unpaired) electrons. The molecule has 2 fully saturated rings. The van der Waals surface area contributed by atoms with E-state index in [1.165, 1.54) is 18.5 Å². The summed E-state index contributed by atoms with van der Waals surface area (Å²) >= 11 is 0. The Kier molecular flexibility index (Phi) is 6.03. The topological polar surface area (TPSA) is 56.7 Å². The summed E-state index contributed by atoms with van der Waals surface area (Å²) < 4.78 is 0. The zero-order valence-corrected chi connectivity index (χ0v) is 16.3. The Morgan fingerprint density at radius 3 is 2.46 bits per heavy atom. The monoisotopic (exact) mass is 379 g/mol. The molecule has 2 saturated heterocycles. The maximum atomic E-state index is 12.6. The van der Waals surface area contributed by atoms with Crippen molar-refractivity contribution in [2.75, 3.05) is 26.2 Å². The number of amides is 1. The van der Waals surface area contributed by atoms with Crippen molar-refractivity contribution < 1.29 is 9.90 Å². The van der Waals surface area contributed by atoms with Gasteiger partial charge < -0.3 is 10.0 Å². The molecule has 2 aliphatic rings. The number of rotatable bonds is 5. The lowest BCUT2D eigenvalue weighted by molar-refractivity contribution is 0.0640. The summed E-state index contributed by atoms with van der Waals surface area (Å²) in [5.74, 6) is 0.812. The number of hydrogen-bond donors (Lipinski definition) is 1. The highest BCUT2D eigenvalue weighted by Gasteiger charge is 2.32. The number of benzene rings is 1. The highest BCUT2D eigenvalue weighted by atomic mass is 16.3. The maximum absolute atomic E-state index is 12.6. The van der Waals surface area contributed by atoms with Crippen LogP contribution in [0.4, 0.5) is 0 Å². The number of aromatic nitrogens is 1. The van der Waals surface area contributed by atoms with Gasteiger partial charge in [-0.1, -0.05) is 24.3 Å². The summed E-state index contributed by atoms with van der Waals surface area (Å²) in [5, 5.41) is 9.18. The van der Waals surface area contributed by atoms with Crippen molar-refractivity contribution in [2.45, 2.75) is 38.3 Å². The van der Waals surface area contributed by atoms with E-state index in [1.54, 1.807) is 12.4 Å². The first-order chi connectivity index (χ1) is 13.7. The third-order valence-electron chi connectivity index (χ3n) is 6.22. The second-order valence-electron chi connectivity index (χ2n) is 8.09. The zero-order valence-electron chi connectivity index (χ0n) is 16.3. The summed E-state index contributed by atoms with van der Waals surface area (Å²) in [6, 6.07) is 12.6. The second kappa shape index (κ2) is 8.84. The molecule has 3 heterocycles. The molecule has 0 aliphatic carbocycles. The van der Waals surface area contributed by atoms with Crippen molar-refractivity contribution in [2.24, 2.45) is 5.92 Å². The standard InChI is InChI=1S/C23H29N3O2/c27-17-19-5-3-18(4-6-19)14-20-7-11-26(16-20)22-8-12-25(13-9-22)23(28)21-2-1-10-24-15-21/h1-6,10,15,20,22,27H,7-9,11-14,16-17H2/t20-/m1/s1. The number of aliphatic hydroxyl groups is 1. The first kappa shape index (κ1) is 19.1. The number of likely N-dealkylation sites (tertiary alicyclic amines) is 2. The van der Waals surface area contributed by atoms with Crippen LogP contribution in [0.5, 0.6) is 0 Å². The molecule has 0 saturated carbocycles. The number of hydrogen-bond acceptors (Lipinski definition) is 4. The van der Waals surface area contributed by atoms with Crippen LogP contribution < -0.4 is 0 Å². The van der Waals surface area contributed by atoms with Crippen molar-refractivity contribution in [1.82, 2.24) is 14.8 Å². The number of piperidine rings is 1. The smallest absolute Gasteiger partial charge is 0.255 e. The van der Waals surface area contributed by atoms with Gasteiger partial charge in [0.1, 0.15) is 0 Å². The molecule has 1 amide bonds.